The smallest absolute Gasteiger partial charge is 0.156 e. The molecule has 2 rings (SSSR count). The Morgan fingerprint density at radius 2 is 2.35 bits per heavy atom. The third kappa shape index (κ3) is 3.45. The first-order valence-electron chi connectivity index (χ1n) is 6.00. The highest BCUT2D eigenvalue weighted by molar-refractivity contribution is 8.14. The van der Waals surface area contributed by atoms with Crippen LogP contribution in [0.5, 0.6) is 0 Å². The van der Waals surface area contributed by atoms with Crippen LogP contribution in [-0.4, -0.2) is 28.5 Å². The first-order valence-corrected chi connectivity index (χ1v) is 7.86. The normalized spacial score (nSPS) is 24.2. The van der Waals surface area contributed by atoms with Gasteiger partial charge in [0.05, 0.1) is 11.6 Å². The van der Waals surface area contributed by atoms with Gasteiger partial charge >= 0.3 is 0 Å². The molecule has 0 aliphatic carbocycles. The summed E-state index contributed by atoms with van der Waals surface area (Å²) in [4.78, 5) is 8.97. The van der Waals surface area contributed by atoms with Crippen molar-refractivity contribution >= 4 is 28.3 Å². The summed E-state index contributed by atoms with van der Waals surface area (Å²) in [7, 11) is 0. The number of nitrogens with one attached hydrogen (secondary N) is 1. The molecule has 94 valence electrons. The van der Waals surface area contributed by atoms with Gasteiger partial charge < -0.3 is 5.32 Å². The maximum Gasteiger partial charge on any atom is 0.156 e. The van der Waals surface area contributed by atoms with Crippen LogP contribution in [0.1, 0.15) is 31.7 Å². The summed E-state index contributed by atoms with van der Waals surface area (Å²) in [6.45, 7) is 7.51. The van der Waals surface area contributed by atoms with Gasteiger partial charge in [-0.3, -0.25) is 4.99 Å². The average molecular weight is 269 g/mol. The highest BCUT2D eigenvalue weighted by Gasteiger charge is 2.22. The molecule has 1 saturated heterocycles. The molecule has 0 aromatic carbocycles. The molecule has 0 bridgehead atoms. The van der Waals surface area contributed by atoms with Gasteiger partial charge in [0.1, 0.15) is 0 Å². The van der Waals surface area contributed by atoms with E-state index in [1.54, 1.807) is 11.3 Å². The first kappa shape index (κ1) is 12.9. The zero-order chi connectivity index (χ0) is 12.3. The van der Waals surface area contributed by atoms with E-state index >= 15 is 0 Å². The van der Waals surface area contributed by atoms with E-state index in [0.29, 0.717) is 17.9 Å². The minimum Gasteiger partial charge on any atom is -0.361 e. The van der Waals surface area contributed by atoms with Gasteiger partial charge in [-0.1, -0.05) is 32.5 Å². The second-order valence-corrected chi connectivity index (χ2v) is 6.66. The van der Waals surface area contributed by atoms with Crippen molar-refractivity contribution < 1.29 is 0 Å². The van der Waals surface area contributed by atoms with Crippen molar-refractivity contribution in [2.45, 2.75) is 32.7 Å². The number of nitrogens with zero attached hydrogens (tertiary/aromatic N) is 2. The van der Waals surface area contributed by atoms with Crippen LogP contribution < -0.4 is 5.32 Å². The lowest BCUT2D eigenvalue weighted by atomic mass is 10.1. The van der Waals surface area contributed by atoms with Gasteiger partial charge in [-0.25, -0.2) is 4.98 Å². The van der Waals surface area contributed by atoms with Crippen molar-refractivity contribution in [3.05, 3.63) is 16.6 Å². The van der Waals surface area contributed by atoms with Crippen molar-refractivity contribution in [2.75, 3.05) is 12.3 Å². The molecule has 2 unspecified atom stereocenters. The van der Waals surface area contributed by atoms with Crippen LogP contribution in [0.3, 0.4) is 0 Å². The Labute approximate surface area is 111 Å². The molecule has 17 heavy (non-hydrogen) atoms. The lowest BCUT2D eigenvalue weighted by molar-refractivity contribution is 0.503. The Kier molecular flexibility index (Phi) is 4.45. The fourth-order valence-corrected chi connectivity index (χ4v) is 3.53. The number of amidine groups is 1. The van der Waals surface area contributed by atoms with E-state index in [4.69, 9.17) is 0 Å². The predicted octanol–water partition coefficient (Wildman–Crippen LogP) is 2.96. The summed E-state index contributed by atoms with van der Waals surface area (Å²) in [5.74, 6) is 2.23. The Morgan fingerprint density at radius 1 is 1.53 bits per heavy atom. The largest absolute Gasteiger partial charge is 0.361 e. The minimum absolute atomic E-state index is 0.419. The molecular weight excluding hydrogens is 250 g/mol. The number of aromatic nitrogens is 1. The van der Waals surface area contributed by atoms with Crippen LogP contribution >= 0.6 is 23.1 Å². The highest BCUT2D eigenvalue weighted by Crippen LogP contribution is 2.21. The minimum atomic E-state index is 0.419. The fraction of sp³-hybridized carbons (Fsp3) is 0.667. The number of rotatable bonds is 4. The number of aliphatic imine (C=N–C) groups is 1. The van der Waals surface area contributed by atoms with Crippen LogP contribution in [-0.2, 0) is 0 Å². The molecule has 1 aliphatic heterocycles. The standard InChI is InChI=1S/C12H19N3S2/c1-8(2)10-7-17-12(15-10)14-6-9(3)11-13-4-5-16-11/h4-5,8-10H,6-7H2,1-3H3,(H,14,15). The number of thioether (sulfide) groups is 1. The Balaban J connectivity index is 1.85. The van der Waals surface area contributed by atoms with Gasteiger partial charge in [0.15, 0.2) is 5.17 Å². The number of hydrogen-bond donors (Lipinski definition) is 1. The second kappa shape index (κ2) is 5.87. The highest BCUT2D eigenvalue weighted by atomic mass is 32.2. The van der Waals surface area contributed by atoms with E-state index in [0.717, 1.165) is 17.5 Å². The SMILES string of the molecule is CC(CN=C1NC(C(C)C)CS1)c1nccs1. The Bertz CT molecular complexity index is 373. The molecule has 2 atom stereocenters. The second-order valence-electron chi connectivity index (χ2n) is 4.72. The molecule has 3 nitrogen and oxygen atoms in total. The van der Waals surface area contributed by atoms with Gasteiger partial charge in [-0.15, -0.1) is 11.3 Å². The summed E-state index contributed by atoms with van der Waals surface area (Å²) in [5, 5.41) is 7.79. The van der Waals surface area contributed by atoms with Gasteiger partial charge in [-0.2, -0.15) is 0 Å². The molecule has 1 aromatic rings. The lowest BCUT2D eigenvalue weighted by Crippen LogP contribution is -2.31. The van der Waals surface area contributed by atoms with Gasteiger partial charge in [0.2, 0.25) is 0 Å². The summed E-state index contributed by atoms with van der Waals surface area (Å²) in [6, 6.07) is 0.578. The Hall–Kier alpha value is -0.550. The molecule has 0 radical (unpaired) electrons. The van der Waals surface area contributed by atoms with E-state index in [-0.39, 0.29) is 0 Å². The monoisotopic (exact) mass is 269 g/mol. The molecule has 2 heterocycles. The van der Waals surface area contributed by atoms with Crippen LogP contribution in [0, 0.1) is 5.92 Å². The molecule has 0 saturated carbocycles. The van der Waals surface area contributed by atoms with Crippen molar-refractivity contribution in [2.24, 2.45) is 10.9 Å². The maximum absolute atomic E-state index is 4.65. The van der Waals surface area contributed by atoms with E-state index < -0.39 is 0 Å². The maximum atomic E-state index is 4.65. The van der Waals surface area contributed by atoms with Crippen molar-refractivity contribution in [3.8, 4) is 0 Å². The molecule has 1 fully saturated rings. The van der Waals surface area contributed by atoms with Gasteiger partial charge in [0.25, 0.3) is 0 Å². The zero-order valence-electron chi connectivity index (χ0n) is 10.5. The van der Waals surface area contributed by atoms with Crippen molar-refractivity contribution in [3.63, 3.8) is 0 Å². The zero-order valence-corrected chi connectivity index (χ0v) is 12.1. The summed E-state index contributed by atoms with van der Waals surface area (Å²) in [6.07, 6.45) is 1.86. The van der Waals surface area contributed by atoms with E-state index in [1.807, 2.05) is 23.3 Å². The van der Waals surface area contributed by atoms with E-state index in [2.05, 4.69) is 36.1 Å². The predicted molar refractivity (Wildman–Crippen MR) is 77.1 cm³/mol. The molecule has 0 spiro atoms. The third-order valence-corrected chi connectivity index (χ3v) is 4.95. The van der Waals surface area contributed by atoms with Crippen LogP contribution in [0.4, 0.5) is 0 Å². The third-order valence-electron chi connectivity index (χ3n) is 2.89. The van der Waals surface area contributed by atoms with Crippen LogP contribution in [0.2, 0.25) is 0 Å². The molecule has 5 heteroatoms. The van der Waals surface area contributed by atoms with E-state index in [1.165, 1.54) is 5.01 Å². The average Bonchev–Trinajstić information content (AvgIpc) is 2.97. The summed E-state index contributed by atoms with van der Waals surface area (Å²) in [5.41, 5.74) is 0. The molecule has 1 aliphatic rings. The molecular formula is C12H19N3S2. The molecule has 0 amide bonds. The summed E-state index contributed by atoms with van der Waals surface area (Å²) >= 11 is 3.55. The molecule has 1 aromatic heterocycles. The van der Waals surface area contributed by atoms with Crippen molar-refractivity contribution in [1.82, 2.24) is 10.3 Å². The van der Waals surface area contributed by atoms with Gasteiger partial charge in [0, 0.05) is 29.3 Å². The molecule has 1 N–H and O–H groups in total. The quantitative estimate of drug-likeness (QED) is 0.913. The van der Waals surface area contributed by atoms with E-state index in [9.17, 15) is 0 Å². The van der Waals surface area contributed by atoms with Crippen molar-refractivity contribution in [1.29, 1.82) is 0 Å². The number of hydrogen-bond acceptors (Lipinski definition) is 4. The Morgan fingerprint density at radius 3 is 2.94 bits per heavy atom. The number of thiazole rings is 1. The van der Waals surface area contributed by atoms with Crippen LogP contribution in [0.15, 0.2) is 16.6 Å². The van der Waals surface area contributed by atoms with Crippen LogP contribution in [0.25, 0.3) is 0 Å². The lowest BCUT2D eigenvalue weighted by Gasteiger charge is -2.13. The topological polar surface area (TPSA) is 37.3 Å². The first-order chi connectivity index (χ1) is 8.16. The van der Waals surface area contributed by atoms with Gasteiger partial charge in [-0.05, 0) is 5.92 Å². The summed E-state index contributed by atoms with van der Waals surface area (Å²) < 4.78 is 0. The fourth-order valence-electron chi connectivity index (χ4n) is 1.64.